The molecule has 5 nitrogen and oxygen atoms in total. The van der Waals surface area contributed by atoms with Crippen molar-refractivity contribution in [2.45, 2.75) is 52.6 Å². The van der Waals surface area contributed by atoms with E-state index in [0.717, 1.165) is 61.5 Å². The molecular formula is C25H31F3N2O3. The second kappa shape index (κ2) is 9.73. The first kappa shape index (κ1) is 25.1. The summed E-state index contributed by atoms with van der Waals surface area (Å²) in [6.07, 6.45) is -4.31. The van der Waals surface area contributed by atoms with Gasteiger partial charge >= 0.3 is 12.1 Å². The molecular weight excluding hydrogens is 433 g/mol. The van der Waals surface area contributed by atoms with E-state index in [9.17, 15) is 23.1 Å². The van der Waals surface area contributed by atoms with Crippen LogP contribution in [0, 0.1) is 13.8 Å². The fourth-order valence-corrected chi connectivity index (χ4v) is 3.99. The fraction of sp³-hybridized carbons (Fsp3) is 0.480. The molecule has 1 fully saturated rings. The summed E-state index contributed by atoms with van der Waals surface area (Å²) in [4.78, 5) is 16.0. The first-order chi connectivity index (χ1) is 15.3. The fourth-order valence-electron chi connectivity index (χ4n) is 3.99. The van der Waals surface area contributed by atoms with Crippen molar-refractivity contribution in [2.75, 3.05) is 26.2 Å². The van der Waals surface area contributed by atoms with Crippen LogP contribution in [-0.2, 0) is 24.1 Å². The summed E-state index contributed by atoms with van der Waals surface area (Å²) < 4.78 is 43.9. The van der Waals surface area contributed by atoms with Crippen molar-refractivity contribution in [1.82, 2.24) is 9.80 Å². The van der Waals surface area contributed by atoms with Gasteiger partial charge in [-0.05, 0) is 74.2 Å². The predicted molar refractivity (Wildman–Crippen MR) is 120 cm³/mol. The highest BCUT2D eigenvalue weighted by atomic mass is 19.4. The summed E-state index contributed by atoms with van der Waals surface area (Å²) in [5.74, 6) is -0.474. The van der Waals surface area contributed by atoms with Gasteiger partial charge in [-0.1, -0.05) is 12.1 Å². The van der Waals surface area contributed by atoms with Crippen molar-refractivity contribution in [3.05, 3.63) is 64.2 Å². The van der Waals surface area contributed by atoms with Gasteiger partial charge in [0.15, 0.2) is 5.60 Å². The number of carboxylic acids is 1. The van der Waals surface area contributed by atoms with Crippen molar-refractivity contribution >= 4 is 5.97 Å². The van der Waals surface area contributed by atoms with Crippen LogP contribution < -0.4 is 4.74 Å². The van der Waals surface area contributed by atoms with E-state index in [1.165, 1.54) is 19.4 Å². The smallest absolute Gasteiger partial charge is 0.416 e. The molecule has 0 spiro atoms. The molecule has 0 atom stereocenters. The summed E-state index contributed by atoms with van der Waals surface area (Å²) in [6.45, 7) is 11.9. The second-order valence-electron chi connectivity index (χ2n) is 9.20. The molecule has 1 N–H and O–H groups in total. The summed E-state index contributed by atoms with van der Waals surface area (Å²) >= 11 is 0. The minimum Gasteiger partial charge on any atom is -0.478 e. The molecule has 33 heavy (non-hydrogen) atoms. The average Bonchev–Trinajstić information content (AvgIpc) is 2.71. The summed E-state index contributed by atoms with van der Waals surface area (Å²) in [5, 5.41) is 9.29. The highest BCUT2D eigenvalue weighted by molar-refractivity contribution is 5.76. The number of ether oxygens (including phenoxy) is 1. The van der Waals surface area contributed by atoms with Crippen molar-refractivity contribution < 1.29 is 27.8 Å². The molecule has 8 heteroatoms. The van der Waals surface area contributed by atoms with Crippen molar-refractivity contribution in [2.24, 2.45) is 0 Å². The Kier molecular flexibility index (Phi) is 7.39. The van der Waals surface area contributed by atoms with Crippen LogP contribution in [0.1, 0.15) is 41.7 Å². The van der Waals surface area contributed by atoms with Gasteiger partial charge in [0.05, 0.1) is 5.56 Å². The number of piperazine rings is 1. The van der Waals surface area contributed by atoms with E-state index in [4.69, 9.17) is 4.74 Å². The number of carbonyl (C=O) groups is 1. The Morgan fingerprint density at radius 3 is 1.88 bits per heavy atom. The molecule has 3 rings (SSSR count). The van der Waals surface area contributed by atoms with Gasteiger partial charge in [0, 0.05) is 39.3 Å². The van der Waals surface area contributed by atoms with Crippen molar-refractivity contribution in [3.8, 4) is 5.75 Å². The first-order valence-electron chi connectivity index (χ1n) is 11.0. The minimum absolute atomic E-state index is 0.544. The third kappa shape index (κ3) is 6.48. The zero-order valence-electron chi connectivity index (χ0n) is 19.5. The molecule has 0 amide bonds. The van der Waals surface area contributed by atoms with Gasteiger partial charge in [0.25, 0.3) is 0 Å². The van der Waals surface area contributed by atoms with Gasteiger partial charge in [-0.2, -0.15) is 13.2 Å². The zero-order valence-corrected chi connectivity index (χ0v) is 19.5. The molecule has 2 aromatic carbocycles. The molecule has 0 aromatic heterocycles. The van der Waals surface area contributed by atoms with Crippen LogP contribution >= 0.6 is 0 Å². The topological polar surface area (TPSA) is 53.0 Å². The Morgan fingerprint density at radius 2 is 1.42 bits per heavy atom. The lowest BCUT2D eigenvalue weighted by Gasteiger charge is -2.35. The first-order valence-corrected chi connectivity index (χ1v) is 11.0. The molecule has 0 saturated carbocycles. The quantitative estimate of drug-likeness (QED) is 0.633. The van der Waals surface area contributed by atoms with E-state index >= 15 is 0 Å². The summed E-state index contributed by atoms with van der Waals surface area (Å²) in [7, 11) is 0. The number of rotatable bonds is 7. The third-order valence-electron chi connectivity index (χ3n) is 6.09. The van der Waals surface area contributed by atoms with Gasteiger partial charge in [-0.25, -0.2) is 4.79 Å². The number of alkyl halides is 3. The lowest BCUT2D eigenvalue weighted by atomic mass is 10.0. The molecule has 0 unspecified atom stereocenters. The van der Waals surface area contributed by atoms with E-state index in [-0.39, 0.29) is 0 Å². The van der Waals surface area contributed by atoms with Gasteiger partial charge in [0.2, 0.25) is 0 Å². The Morgan fingerprint density at radius 1 is 0.939 bits per heavy atom. The monoisotopic (exact) mass is 464 g/mol. The largest absolute Gasteiger partial charge is 0.478 e. The summed E-state index contributed by atoms with van der Waals surface area (Å²) in [6, 6.07) is 9.15. The standard InChI is InChI=1S/C25H31F3N2O3/c1-17-13-21(33-24(3,4)23(31)32)14-18(2)22(17)16-30-11-9-29(10-12-30)15-19-5-7-20(8-6-19)25(26,27)28/h5-8,13-14H,9-12,15-16H2,1-4H3,(H,31,32). The van der Waals surface area contributed by atoms with E-state index in [2.05, 4.69) is 9.80 Å². The van der Waals surface area contributed by atoms with Crippen molar-refractivity contribution in [3.63, 3.8) is 0 Å². The maximum absolute atomic E-state index is 12.7. The number of nitrogens with zero attached hydrogens (tertiary/aromatic N) is 2. The molecule has 180 valence electrons. The molecule has 0 aliphatic carbocycles. The van der Waals surface area contributed by atoms with Crippen LogP contribution in [0.4, 0.5) is 13.2 Å². The number of aliphatic carboxylic acids is 1. The van der Waals surface area contributed by atoms with E-state index in [1.54, 1.807) is 12.1 Å². The van der Waals surface area contributed by atoms with Crippen molar-refractivity contribution in [1.29, 1.82) is 0 Å². The molecule has 0 radical (unpaired) electrons. The number of halogens is 3. The lowest BCUT2D eigenvalue weighted by Crippen LogP contribution is -2.45. The summed E-state index contributed by atoms with van der Waals surface area (Å²) in [5.41, 5.74) is 2.26. The minimum atomic E-state index is -4.31. The number of aryl methyl sites for hydroxylation is 2. The zero-order chi connectivity index (χ0) is 24.4. The SMILES string of the molecule is Cc1cc(OC(C)(C)C(=O)O)cc(C)c1CN1CCN(Cc2ccc(C(F)(F)F)cc2)CC1. The van der Waals surface area contributed by atoms with Crippen LogP contribution in [0.3, 0.4) is 0 Å². The normalized spacial score (nSPS) is 16.1. The Labute approximate surface area is 192 Å². The van der Waals surface area contributed by atoms with Crippen LogP contribution in [-0.4, -0.2) is 52.7 Å². The number of carboxylic acid groups (broad SMARTS) is 1. The Hall–Kier alpha value is -2.58. The second-order valence-corrected chi connectivity index (χ2v) is 9.20. The van der Waals surface area contributed by atoms with Crippen LogP contribution in [0.5, 0.6) is 5.75 Å². The molecule has 0 bridgehead atoms. The molecule has 2 aromatic rings. The maximum atomic E-state index is 12.7. The average molecular weight is 465 g/mol. The molecule has 1 aliphatic rings. The number of benzene rings is 2. The van der Waals surface area contributed by atoms with E-state index in [0.29, 0.717) is 12.3 Å². The Bertz CT molecular complexity index is 956. The van der Waals surface area contributed by atoms with Gasteiger partial charge in [-0.3, -0.25) is 9.80 Å². The van der Waals surface area contributed by atoms with E-state index in [1.807, 2.05) is 26.0 Å². The third-order valence-corrected chi connectivity index (χ3v) is 6.09. The van der Waals surface area contributed by atoms with Gasteiger partial charge < -0.3 is 9.84 Å². The Balaban J connectivity index is 1.56. The van der Waals surface area contributed by atoms with Gasteiger partial charge in [-0.15, -0.1) is 0 Å². The highest BCUT2D eigenvalue weighted by Gasteiger charge is 2.31. The van der Waals surface area contributed by atoms with Crippen LogP contribution in [0.15, 0.2) is 36.4 Å². The molecule has 1 saturated heterocycles. The van der Waals surface area contributed by atoms with E-state index < -0.39 is 23.3 Å². The maximum Gasteiger partial charge on any atom is 0.416 e. The lowest BCUT2D eigenvalue weighted by molar-refractivity contribution is -0.152. The molecule has 1 aliphatic heterocycles. The highest BCUT2D eigenvalue weighted by Crippen LogP contribution is 2.29. The number of hydrogen-bond acceptors (Lipinski definition) is 4. The number of hydrogen-bond donors (Lipinski definition) is 1. The predicted octanol–water partition coefficient (Wildman–Crippen LogP) is 4.88. The van der Waals surface area contributed by atoms with Crippen LogP contribution in [0.2, 0.25) is 0 Å². The van der Waals surface area contributed by atoms with Gasteiger partial charge in [0.1, 0.15) is 5.75 Å². The van der Waals surface area contributed by atoms with Crippen LogP contribution in [0.25, 0.3) is 0 Å². The molecule has 1 heterocycles.